The zero-order chi connectivity index (χ0) is 26.9. The number of carbonyl (C=O) groups excluding carboxylic acids is 1. The third-order valence-electron chi connectivity index (χ3n) is 7.01. The Balaban J connectivity index is 1.27. The fraction of sp³-hybridized carbons (Fsp3) is 0.367. The molecule has 1 saturated heterocycles. The van der Waals surface area contributed by atoms with Crippen molar-refractivity contribution >= 4 is 39.8 Å². The van der Waals surface area contributed by atoms with Crippen LogP contribution in [-0.2, 0) is 11.3 Å². The van der Waals surface area contributed by atoms with E-state index in [1.54, 1.807) is 6.07 Å². The maximum Gasteiger partial charge on any atom is 0.421 e. The molecule has 0 saturated carbocycles. The van der Waals surface area contributed by atoms with Crippen LogP contribution in [-0.4, -0.2) is 56.9 Å². The number of piperidine rings is 1. The lowest BCUT2D eigenvalue weighted by Crippen LogP contribution is -2.35. The highest BCUT2D eigenvalue weighted by Crippen LogP contribution is 2.26. The molecule has 0 aliphatic carbocycles. The van der Waals surface area contributed by atoms with E-state index in [2.05, 4.69) is 57.7 Å². The van der Waals surface area contributed by atoms with E-state index in [0.29, 0.717) is 29.4 Å². The second-order valence-electron chi connectivity index (χ2n) is 11.0. The predicted molar refractivity (Wildman–Crippen MR) is 149 cm³/mol. The summed E-state index contributed by atoms with van der Waals surface area (Å²) >= 11 is 0. The first-order valence-corrected chi connectivity index (χ1v) is 13.1. The standard InChI is InChI=1S/C30H34N4O4/c1-30(2,3)38-29(37)34-26-12-11-22(27(35)36)17-25(26)32-28(34)31-18-20-13-15-33(16-14-20)19-23-9-6-8-21-7-4-5-10-24(21)23/h4-12,17,20H,13-16,18-19H2,1-3H3,(H,31,32)(H,35,36). The quantitative estimate of drug-likeness (QED) is 0.326. The van der Waals surface area contributed by atoms with Crippen molar-refractivity contribution in [1.82, 2.24) is 14.5 Å². The van der Waals surface area contributed by atoms with Crippen LogP contribution in [0.2, 0.25) is 0 Å². The Morgan fingerprint density at radius 2 is 1.79 bits per heavy atom. The zero-order valence-electron chi connectivity index (χ0n) is 22.1. The molecule has 0 spiro atoms. The van der Waals surface area contributed by atoms with Crippen LogP contribution in [0, 0.1) is 5.92 Å². The first-order chi connectivity index (χ1) is 18.2. The molecule has 1 aromatic heterocycles. The number of ether oxygens (including phenoxy) is 1. The van der Waals surface area contributed by atoms with E-state index < -0.39 is 17.7 Å². The molecule has 0 bridgehead atoms. The van der Waals surface area contributed by atoms with Gasteiger partial charge in [0.1, 0.15) is 5.60 Å². The fourth-order valence-corrected chi connectivity index (χ4v) is 5.08. The molecule has 0 amide bonds. The summed E-state index contributed by atoms with van der Waals surface area (Å²) in [5.41, 5.74) is 1.74. The molecule has 0 unspecified atom stereocenters. The number of carboxylic acids is 1. The number of aromatic carboxylic acids is 1. The van der Waals surface area contributed by atoms with Gasteiger partial charge < -0.3 is 15.2 Å². The van der Waals surface area contributed by atoms with E-state index in [4.69, 9.17) is 4.74 Å². The number of carbonyl (C=O) groups is 2. The molecular weight excluding hydrogens is 480 g/mol. The SMILES string of the molecule is CC(C)(C)OC(=O)n1c(NCC2CCN(Cc3cccc4ccccc34)CC2)nc2cc(C(=O)O)ccc21. The van der Waals surface area contributed by atoms with Gasteiger partial charge in [-0.05, 0) is 87.2 Å². The van der Waals surface area contributed by atoms with Crippen molar-refractivity contribution in [2.24, 2.45) is 5.92 Å². The van der Waals surface area contributed by atoms with Crippen LogP contribution in [0.1, 0.15) is 49.5 Å². The third kappa shape index (κ3) is 5.65. The number of likely N-dealkylation sites (tertiary alicyclic amines) is 1. The number of anilines is 1. The van der Waals surface area contributed by atoms with Gasteiger partial charge >= 0.3 is 12.1 Å². The van der Waals surface area contributed by atoms with Crippen LogP contribution in [0.3, 0.4) is 0 Å². The first-order valence-electron chi connectivity index (χ1n) is 13.1. The smallest absolute Gasteiger partial charge is 0.421 e. The summed E-state index contributed by atoms with van der Waals surface area (Å²) in [6.07, 6.45) is 1.52. The summed E-state index contributed by atoms with van der Waals surface area (Å²) in [5, 5.41) is 15.3. The van der Waals surface area contributed by atoms with Gasteiger partial charge in [0.2, 0.25) is 5.95 Å². The molecule has 8 heteroatoms. The van der Waals surface area contributed by atoms with Gasteiger partial charge in [0.05, 0.1) is 16.6 Å². The van der Waals surface area contributed by atoms with E-state index in [9.17, 15) is 14.7 Å². The van der Waals surface area contributed by atoms with Gasteiger partial charge in [0, 0.05) is 13.1 Å². The maximum atomic E-state index is 13.1. The largest absolute Gasteiger partial charge is 0.478 e. The van der Waals surface area contributed by atoms with E-state index in [-0.39, 0.29) is 5.56 Å². The normalized spacial score (nSPS) is 15.1. The molecule has 3 aromatic carbocycles. The van der Waals surface area contributed by atoms with Gasteiger partial charge in [-0.25, -0.2) is 19.1 Å². The molecule has 0 radical (unpaired) electrons. The van der Waals surface area contributed by atoms with Crippen molar-refractivity contribution in [3.05, 3.63) is 71.8 Å². The van der Waals surface area contributed by atoms with Crippen molar-refractivity contribution in [2.75, 3.05) is 25.0 Å². The fourth-order valence-electron chi connectivity index (χ4n) is 5.08. The van der Waals surface area contributed by atoms with Gasteiger partial charge in [0.15, 0.2) is 0 Å². The Morgan fingerprint density at radius 1 is 1.05 bits per heavy atom. The summed E-state index contributed by atoms with van der Waals surface area (Å²) in [6, 6.07) is 19.6. The maximum absolute atomic E-state index is 13.1. The number of carboxylic acid groups (broad SMARTS) is 1. The lowest BCUT2D eigenvalue weighted by Gasteiger charge is -2.32. The Hall–Kier alpha value is -3.91. The molecule has 2 N–H and O–H groups in total. The first kappa shape index (κ1) is 25.7. The topological polar surface area (TPSA) is 96.7 Å². The van der Waals surface area contributed by atoms with E-state index in [1.165, 1.54) is 33.0 Å². The Morgan fingerprint density at radius 3 is 2.53 bits per heavy atom. The van der Waals surface area contributed by atoms with Gasteiger partial charge in [-0.1, -0.05) is 42.5 Å². The molecular formula is C30H34N4O4. The number of fused-ring (bicyclic) bond motifs is 2. The number of nitrogens with zero attached hydrogens (tertiary/aromatic N) is 3. The summed E-state index contributed by atoms with van der Waals surface area (Å²) in [5.74, 6) is -0.237. The average molecular weight is 515 g/mol. The number of nitrogens with one attached hydrogen (secondary N) is 1. The van der Waals surface area contributed by atoms with Crippen molar-refractivity contribution in [2.45, 2.75) is 45.8 Å². The minimum Gasteiger partial charge on any atom is -0.478 e. The lowest BCUT2D eigenvalue weighted by molar-refractivity contribution is 0.0546. The summed E-state index contributed by atoms with van der Waals surface area (Å²) in [6.45, 7) is 9.03. The van der Waals surface area contributed by atoms with Crippen LogP contribution in [0.5, 0.6) is 0 Å². The minimum absolute atomic E-state index is 0.122. The lowest BCUT2D eigenvalue weighted by atomic mass is 9.96. The highest BCUT2D eigenvalue weighted by molar-refractivity contribution is 5.96. The minimum atomic E-state index is -1.04. The monoisotopic (exact) mass is 514 g/mol. The molecule has 38 heavy (non-hydrogen) atoms. The number of imidazole rings is 1. The Labute approximate surface area is 222 Å². The molecule has 198 valence electrons. The number of hydrogen-bond acceptors (Lipinski definition) is 6. The van der Waals surface area contributed by atoms with Gasteiger partial charge in [0.25, 0.3) is 0 Å². The van der Waals surface area contributed by atoms with Crippen molar-refractivity contribution < 1.29 is 19.4 Å². The van der Waals surface area contributed by atoms with Crippen LogP contribution in [0.15, 0.2) is 60.7 Å². The highest BCUT2D eigenvalue weighted by Gasteiger charge is 2.25. The molecule has 2 heterocycles. The highest BCUT2D eigenvalue weighted by atomic mass is 16.6. The van der Waals surface area contributed by atoms with E-state index >= 15 is 0 Å². The van der Waals surface area contributed by atoms with Crippen molar-refractivity contribution in [3.8, 4) is 0 Å². The number of rotatable bonds is 6. The zero-order valence-corrected chi connectivity index (χ0v) is 22.1. The second-order valence-corrected chi connectivity index (χ2v) is 11.0. The van der Waals surface area contributed by atoms with Gasteiger partial charge in [-0.3, -0.25) is 4.90 Å². The molecule has 5 rings (SSSR count). The van der Waals surface area contributed by atoms with Gasteiger partial charge in [-0.2, -0.15) is 0 Å². The average Bonchev–Trinajstić information content (AvgIpc) is 3.25. The Bertz CT molecular complexity index is 1470. The molecule has 1 aliphatic rings. The number of benzene rings is 3. The van der Waals surface area contributed by atoms with Crippen LogP contribution in [0.4, 0.5) is 10.7 Å². The molecule has 1 aliphatic heterocycles. The van der Waals surface area contributed by atoms with Crippen molar-refractivity contribution in [3.63, 3.8) is 0 Å². The predicted octanol–water partition coefficient (Wildman–Crippen LogP) is 6.00. The van der Waals surface area contributed by atoms with Crippen LogP contribution < -0.4 is 5.32 Å². The molecule has 0 atom stereocenters. The third-order valence-corrected chi connectivity index (χ3v) is 7.01. The van der Waals surface area contributed by atoms with E-state index in [0.717, 1.165) is 32.5 Å². The summed E-state index contributed by atoms with van der Waals surface area (Å²) in [4.78, 5) is 31.6. The molecule has 8 nitrogen and oxygen atoms in total. The molecule has 4 aromatic rings. The molecule has 1 fully saturated rings. The van der Waals surface area contributed by atoms with Crippen molar-refractivity contribution in [1.29, 1.82) is 0 Å². The summed E-state index contributed by atoms with van der Waals surface area (Å²) in [7, 11) is 0. The second kappa shape index (κ2) is 10.5. The summed E-state index contributed by atoms with van der Waals surface area (Å²) < 4.78 is 7.03. The number of hydrogen-bond donors (Lipinski definition) is 2. The van der Waals surface area contributed by atoms with Gasteiger partial charge in [-0.15, -0.1) is 0 Å². The van der Waals surface area contributed by atoms with Crippen LogP contribution >= 0.6 is 0 Å². The Kier molecular flexibility index (Phi) is 7.08. The van der Waals surface area contributed by atoms with Crippen LogP contribution in [0.25, 0.3) is 21.8 Å². The van der Waals surface area contributed by atoms with E-state index in [1.807, 2.05) is 20.8 Å². The number of aromatic nitrogens is 2.